The number of ether oxygens (including phenoxy) is 1. The van der Waals surface area contributed by atoms with Gasteiger partial charge >= 0.3 is 12.0 Å². The molecule has 3 rings (SSSR count). The zero-order chi connectivity index (χ0) is 21.3. The van der Waals surface area contributed by atoms with Gasteiger partial charge in [-0.3, -0.25) is 4.79 Å². The molecule has 0 aliphatic rings. The molecule has 30 heavy (non-hydrogen) atoms. The lowest BCUT2D eigenvalue weighted by Crippen LogP contribution is -2.38. The van der Waals surface area contributed by atoms with Gasteiger partial charge in [0.1, 0.15) is 5.76 Å². The zero-order valence-electron chi connectivity index (χ0n) is 16.3. The number of esters is 1. The summed E-state index contributed by atoms with van der Waals surface area (Å²) < 4.78 is 11.5. The molecule has 10 heteroatoms. The summed E-state index contributed by atoms with van der Waals surface area (Å²) in [6.45, 7) is 2.04. The summed E-state index contributed by atoms with van der Waals surface area (Å²) in [5.41, 5.74) is 1.32. The Morgan fingerprint density at radius 3 is 2.77 bits per heavy atom. The van der Waals surface area contributed by atoms with Gasteiger partial charge < -0.3 is 25.1 Å². The summed E-state index contributed by atoms with van der Waals surface area (Å²) in [6, 6.07) is 11.3. The highest BCUT2D eigenvalue weighted by molar-refractivity contribution is 5.92. The normalized spacial score (nSPS) is 10.3. The first-order valence-corrected chi connectivity index (χ1v) is 9.22. The number of carbonyl (C=O) groups excluding carboxylic acids is 3. The number of nitrogens with one attached hydrogen (secondary N) is 3. The van der Waals surface area contributed by atoms with Crippen LogP contribution in [0.1, 0.15) is 23.2 Å². The van der Waals surface area contributed by atoms with Crippen LogP contribution in [-0.4, -0.2) is 40.8 Å². The van der Waals surface area contributed by atoms with E-state index in [9.17, 15) is 14.4 Å². The summed E-state index contributed by atoms with van der Waals surface area (Å²) in [6.07, 6.45) is 3.14. The Hall–Kier alpha value is -4.08. The van der Waals surface area contributed by atoms with Crippen molar-refractivity contribution in [3.63, 3.8) is 0 Å². The molecule has 2 heterocycles. The summed E-state index contributed by atoms with van der Waals surface area (Å²) >= 11 is 0. The van der Waals surface area contributed by atoms with Gasteiger partial charge in [-0.15, -0.1) is 0 Å². The molecule has 0 bridgehead atoms. The molecule has 0 saturated heterocycles. The predicted octanol–water partition coefficient (Wildman–Crippen LogP) is 2.08. The van der Waals surface area contributed by atoms with Crippen molar-refractivity contribution in [2.75, 3.05) is 18.5 Å². The van der Waals surface area contributed by atoms with Crippen molar-refractivity contribution >= 4 is 23.6 Å². The summed E-state index contributed by atoms with van der Waals surface area (Å²) in [5.74, 6) is -0.233. The second-order valence-corrected chi connectivity index (χ2v) is 6.08. The van der Waals surface area contributed by atoms with Gasteiger partial charge in [0, 0.05) is 11.9 Å². The number of benzene rings is 1. The maximum absolute atomic E-state index is 12.1. The van der Waals surface area contributed by atoms with Crippen LogP contribution >= 0.6 is 0 Å². The smallest absolute Gasteiger partial charge is 0.358 e. The quantitative estimate of drug-likeness (QED) is 0.487. The number of anilines is 1. The Balaban J connectivity index is 1.51. The van der Waals surface area contributed by atoms with Gasteiger partial charge in [0.25, 0.3) is 0 Å². The minimum absolute atomic E-state index is 0.186. The van der Waals surface area contributed by atoms with E-state index >= 15 is 0 Å². The van der Waals surface area contributed by atoms with E-state index in [4.69, 9.17) is 9.15 Å². The first-order valence-electron chi connectivity index (χ1n) is 9.22. The van der Waals surface area contributed by atoms with E-state index < -0.39 is 12.0 Å². The van der Waals surface area contributed by atoms with Crippen molar-refractivity contribution < 1.29 is 23.5 Å². The SMILES string of the molecule is CCOC(=O)c1ccn(-c2cccc(NC(=O)NCC(=O)NCc3ccco3)c2)n1. The fraction of sp³-hybridized carbons (Fsp3) is 0.200. The number of hydrogen-bond donors (Lipinski definition) is 3. The van der Waals surface area contributed by atoms with Crippen LogP contribution in [0.2, 0.25) is 0 Å². The minimum Gasteiger partial charge on any atom is -0.467 e. The Morgan fingerprint density at radius 2 is 2.00 bits per heavy atom. The van der Waals surface area contributed by atoms with Crippen LogP contribution in [0.15, 0.2) is 59.3 Å². The number of aromatic nitrogens is 2. The molecule has 0 spiro atoms. The van der Waals surface area contributed by atoms with E-state index in [-0.39, 0.29) is 31.3 Å². The number of hydrogen-bond acceptors (Lipinski definition) is 6. The topological polar surface area (TPSA) is 127 Å². The van der Waals surface area contributed by atoms with Crippen molar-refractivity contribution in [3.8, 4) is 5.69 Å². The van der Waals surface area contributed by atoms with E-state index in [1.807, 2.05) is 0 Å². The Kier molecular flexibility index (Phi) is 6.83. The van der Waals surface area contributed by atoms with Crippen molar-refractivity contribution in [1.82, 2.24) is 20.4 Å². The van der Waals surface area contributed by atoms with Gasteiger partial charge in [-0.25, -0.2) is 14.3 Å². The van der Waals surface area contributed by atoms with Crippen LogP contribution in [-0.2, 0) is 16.1 Å². The molecular weight excluding hydrogens is 390 g/mol. The summed E-state index contributed by atoms with van der Waals surface area (Å²) in [5, 5.41) is 11.9. The van der Waals surface area contributed by atoms with Gasteiger partial charge in [-0.05, 0) is 43.3 Å². The van der Waals surface area contributed by atoms with Gasteiger partial charge in [-0.2, -0.15) is 5.10 Å². The van der Waals surface area contributed by atoms with Gasteiger partial charge in [0.2, 0.25) is 5.91 Å². The summed E-state index contributed by atoms with van der Waals surface area (Å²) in [4.78, 5) is 35.6. The fourth-order valence-electron chi connectivity index (χ4n) is 2.51. The second kappa shape index (κ2) is 9.92. The van der Waals surface area contributed by atoms with E-state index in [1.165, 1.54) is 10.9 Å². The molecule has 3 N–H and O–H groups in total. The highest BCUT2D eigenvalue weighted by Gasteiger charge is 2.12. The van der Waals surface area contributed by atoms with Crippen molar-refractivity contribution in [3.05, 3.63) is 66.4 Å². The predicted molar refractivity (Wildman–Crippen MR) is 107 cm³/mol. The molecule has 0 unspecified atom stereocenters. The maximum Gasteiger partial charge on any atom is 0.358 e. The van der Waals surface area contributed by atoms with Crippen molar-refractivity contribution in [2.45, 2.75) is 13.5 Å². The molecule has 0 aliphatic heterocycles. The van der Waals surface area contributed by atoms with Crippen LogP contribution in [0, 0.1) is 0 Å². The number of nitrogens with zero attached hydrogens (tertiary/aromatic N) is 2. The first-order chi connectivity index (χ1) is 14.5. The Morgan fingerprint density at radius 1 is 1.13 bits per heavy atom. The number of urea groups is 1. The van der Waals surface area contributed by atoms with E-state index in [0.717, 1.165) is 0 Å². The highest BCUT2D eigenvalue weighted by atomic mass is 16.5. The van der Waals surface area contributed by atoms with Crippen LogP contribution in [0.4, 0.5) is 10.5 Å². The molecular formula is C20H21N5O5. The van der Waals surface area contributed by atoms with E-state index in [1.54, 1.807) is 55.6 Å². The maximum atomic E-state index is 12.1. The zero-order valence-corrected chi connectivity index (χ0v) is 16.3. The molecule has 0 saturated carbocycles. The van der Waals surface area contributed by atoms with Crippen molar-refractivity contribution in [2.24, 2.45) is 0 Å². The average molecular weight is 411 g/mol. The second-order valence-electron chi connectivity index (χ2n) is 6.08. The van der Waals surface area contributed by atoms with Crippen LogP contribution in [0.3, 0.4) is 0 Å². The third-order valence-corrected chi connectivity index (χ3v) is 3.89. The number of furan rings is 1. The summed E-state index contributed by atoms with van der Waals surface area (Å²) in [7, 11) is 0. The Labute approximate surface area is 172 Å². The van der Waals surface area contributed by atoms with E-state index in [0.29, 0.717) is 17.1 Å². The van der Waals surface area contributed by atoms with Crippen molar-refractivity contribution in [1.29, 1.82) is 0 Å². The largest absolute Gasteiger partial charge is 0.467 e. The molecule has 10 nitrogen and oxygen atoms in total. The minimum atomic E-state index is -0.534. The standard InChI is InChI=1S/C20H21N5O5/c1-2-29-19(27)17-8-9-25(24-17)15-6-3-5-14(11-15)23-20(28)22-13-18(26)21-12-16-7-4-10-30-16/h3-11H,2,12-13H2,1H3,(H,21,26)(H2,22,23,28). The first kappa shape index (κ1) is 20.6. The fourth-order valence-corrected chi connectivity index (χ4v) is 2.51. The lowest BCUT2D eigenvalue weighted by Gasteiger charge is -2.09. The molecule has 0 radical (unpaired) electrons. The molecule has 156 valence electrons. The Bertz CT molecular complexity index is 1010. The van der Waals surface area contributed by atoms with Gasteiger partial charge in [-0.1, -0.05) is 6.07 Å². The average Bonchev–Trinajstić information content (AvgIpc) is 3.43. The number of carbonyl (C=O) groups is 3. The molecule has 3 amide bonds. The highest BCUT2D eigenvalue weighted by Crippen LogP contribution is 2.15. The molecule has 0 fully saturated rings. The molecule has 0 atom stereocenters. The number of rotatable bonds is 8. The molecule has 3 aromatic rings. The van der Waals surface area contributed by atoms with Crippen LogP contribution in [0.5, 0.6) is 0 Å². The lowest BCUT2D eigenvalue weighted by molar-refractivity contribution is -0.120. The van der Waals surface area contributed by atoms with Crippen LogP contribution < -0.4 is 16.0 Å². The molecule has 1 aromatic carbocycles. The van der Waals surface area contributed by atoms with Gasteiger partial charge in [0.05, 0.1) is 31.6 Å². The number of amides is 3. The van der Waals surface area contributed by atoms with Crippen LogP contribution in [0.25, 0.3) is 5.69 Å². The third-order valence-electron chi connectivity index (χ3n) is 3.89. The molecule has 2 aromatic heterocycles. The third kappa shape index (κ3) is 5.71. The van der Waals surface area contributed by atoms with Gasteiger partial charge in [0.15, 0.2) is 5.69 Å². The lowest BCUT2D eigenvalue weighted by atomic mass is 10.3. The molecule has 0 aliphatic carbocycles. The monoisotopic (exact) mass is 411 g/mol. The van der Waals surface area contributed by atoms with E-state index in [2.05, 4.69) is 21.0 Å².